The van der Waals surface area contributed by atoms with E-state index >= 15 is 0 Å². The van der Waals surface area contributed by atoms with Crippen molar-refractivity contribution in [3.63, 3.8) is 0 Å². The number of rotatable bonds is 0. The fraction of sp³-hybridized carbons (Fsp3) is 0. The topological polar surface area (TPSA) is 43.1 Å². The molecule has 0 saturated carbocycles. The fourth-order valence-corrected chi connectivity index (χ4v) is 0. The van der Waals surface area contributed by atoms with Crippen LogP contribution in [0.5, 0.6) is 0 Å². The number of hydrogen-bond donors (Lipinski definition) is 1. The van der Waals surface area contributed by atoms with E-state index in [0.29, 0.717) is 0 Å². The van der Waals surface area contributed by atoms with E-state index in [4.69, 9.17) is 0 Å². The van der Waals surface area contributed by atoms with Gasteiger partial charge in [-0.15, -0.1) is 0 Å². The first-order valence-corrected chi connectivity index (χ1v) is 0.993. The molecular weight excluding hydrogens is 88.1 g/mol. The molecule has 20 valence electrons. The van der Waals surface area contributed by atoms with Gasteiger partial charge in [-0.2, -0.15) is 0 Å². The average Bonchev–Trinajstić information content (AvgIpc) is 0.811. The zero-order chi connectivity index (χ0) is 3.58. The van der Waals surface area contributed by atoms with Gasteiger partial charge in [0.05, 0.1) is 0 Å². The van der Waals surface area contributed by atoms with Gasteiger partial charge in [-0.1, -0.05) is 0 Å². The summed E-state index contributed by atoms with van der Waals surface area (Å²) >= 11 is 1.31. The van der Waals surface area contributed by atoms with Crippen molar-refractivity contribution in [1.82, 2.24) is 0 Å². The Kier molecular flexibility index (Phi) is 11.2. The summed E-state index contributed by atoms with van der Waals surface area (Å²) in [6.07, 6.45) is 0. The van der Waals surface area contributed by atoms with Crippen LogP contribution in [0, 0.1) is 0 Å². The summed E-state index contributed by atoms with van der Waals surface area (Å²) in [6, 6.07) is 0. The van der Waals surface area contributed by atoms with E-state index in [2.05, 4.69) is 5.73 Å². The Balaban J connectivity index is 0. The first kappa shape index (κ1) is 9.86. The Bertz CT molecular complexity index is 34.6. The van der Waals surface area contributed by atoms with Crippen LogP contribution in [0.1, 0.15) is 0 Å². The van der Waals surface area contributed by atoms with Crippen molar-refractivity contribution >= 4 is 73.7 Å². The molecule has 4 heteroatoms. The number of carbonyl (C=O) groups is 1. The third-order valence-corrected chi connectivity index (χ3v) is 0. The van der Waals surface area contributed by atoms with Crippen LogP contribution in [0.25, 0.3) is 0 Å². The van der Waals surface area contributed by atoms with Crippen molar-refractivity contribution in [2.24, 2.45) is 5.73 Å². The van der Waals surface area contributed by atoms with Gasteiger partial charge in [0.1, 0.15) is 0 Å². The molecule has 2 N–H and O–H groups in total. The molecule has 0 aliphatic carbocycles. The number of amides is 1. The van der Waals surface area contributed by atoms with Crippen LogP contribution in [-0.2, 0) is 0 Å². The maximum atomic E-state index is 9.22. The molecule has 0 atom stereocenters. The van der Waals surface area contributed by atoms with Gasteiger partial charge in [0.15, 0.2) is 0 Å². The van der Waals surface area contributed by atoms with Crippen molar-refractivity contribution in [2.45, 2.75) is 0 Å². The normalized spacial score (nSPS) is 5.20. The van der Waals surface area contributed by atoms with E-state index in [1.54, 1.807) is 0 Å². The van der Waals surface area contributed by atoms with E-state index < -0.39 is 0 Å². The predicted octanol–water partition coefficient (Wildman–Crippen LogP) is -1.41. The molecule has 0 radical (unpaired) electrons. The molecule has 0 bridgehead atoms. The van der Waals surface area contributed by atoms with Crippen molar-refractivity contribution in [3.8, 4) is 0 Å². The number of primary amides is 1. The Morgan fingerprint density at radius 3 is 1.80 bits per heavy atom. The van der Waals surface area contributed by atoms with E-state index in [1.165, 1.54) is 17.7 Å². The first-order chi connectivity index (χ1) is 1.73. The molecular formula is CH3KLiNO. The Hall–Kier alpha value is 1.70. The summed E-state index contributed by atoms with van der Waals surface area (Å²) in [5.74, 6) is 0. The minimum absolute atomic E-state index is 0. The zero-order valence-electron chi connectivity index (χ0n) is 2.49. The second kappa shape index (κ2) is 5.70. The zero-order valence-corrected chi connectivity index (χ0v) is 2.49. The molecule has 1 amide bonds. The summed E-state index contributed by atoms with van der Waals surface area (Å²) < 4.78 is -0.333. The van der Waals surface area contributed by atoms with Crippen molar-refractivity contribution in [1.29, 1.82) is 0 Å². The number of hydrogen-bond acceptors (Lipinski definition) is 1. The predicted molar refractivity (Wildman–Crippen MR) is 22.5 cm³/mol. The molecule has 0 rings (SSSR count). The standard InChI is InChI=1S/CH2NO.K.Li.H/c2-1-3;;;/h(H2,2,3);;;. The van der Waals surface area contributed by atoms with Gasteiger partial charge in [0.25, 0.3) is 0 Å². The summed E-state index contributed by atoms with van der Waals surface area (Å²) in [7, 11) is 0. The van der Waals surface area contributed by atoms with Crippen LogP contribution in [0.3, 0.4) is 0 Å². The maximum absolute atomic E-state index is 9.22. The molecule has 5 heavy (non-hydrogen) atoms. The summed E-state index contributed by atoms with van der Waals surface area (Å²) in [5, 5.41) is 0. The molecule has 0 heterocycles. The van der Waals surface area contributed by atoms with Crippen LogP contribution in [0.4, 0.5) is 4.79 Å². The van der Waals surface area contributed by atoms with E-state index in [9.17, 15) is 4.79 Å². The number of nitrogens with two attached hydrogens (primary N) is 1. The van der Waals surface area contributed by atoms with Crippen LogP contribution >= 0.6 is 0 Å². The molecule has 0 aromatic carbocycles. The second-order valence-electron chi connectivity index (χ2n) is 0.611. The third kappa shape index (κ3) is 27.0. The summed E-state index contributed by atoms with van der Waals surface area (Å²) in [5.41, 5.74) is 4.47. The summed E-state index contributed by atoms with van der Waals surface area (Å²) in [4.78, 5) is 9.22. The van der Waals surface area contributed by atoms with Crippen molar-refractivity contribution in [3.05, 3.63) is 0 Å². The van der Waals surface area contributed by atoms with E-state index in [0.717, 1.165) is 0 Å². The Labute approximate surface area is 82.5 Å². The van der Waals surface area contributed by atoms with Crippen LogP contribution in [0.15, 0.2) is 0 Å². The molecule has 0 saturated heterocycles. The SMILES string of the molecule is [KH].[Li][C](N)=O. The van der Waals surface area contributed by atoms with Crippen molar-refractivity contribution in [2.75, 3.05) is 0 Å². The second-order valence-corrected chi connectivity index (χ2v) is 0.611. The Morgan fingerprint density at radius 2 is 1.80 bits per heavy atom. The molecule has 0 aromatic heterocycles. The van der Waals surface area contributed by atoms with Gasteiger partial charge < -0.3 is 0 Å². The molecule has 0 unspecified atom stereocenters. The molecule has 0 fully saturated rings. The van der Waals surface area contributed by atoms with Gasteiger partial charge in [-0.3, -0.25) is 0 Å². The van der Waals surface area contributed by atoms with Gasteiger partial charge in [-0.25, -0.2) is 0 Å². The van der Waals surface area contributed by atoms with Crippen LogP contribution in [-0.4, -0.2) is 73.7 Å². The van der Waals surface area contributed by atoms with E-state index in [-0.39, 0.29) is 56.0 Å². The fourth-order valence-electron chi connectivity index (χ4n) is 0. The Morgan fingerprint density at radius 1 is 1.80 bits per heavy atom. The van der Waals surface area contributed by atoms with Gasteiger partial charge in [0.2, 0.25) is 0 Å². The molecule has 2 nitrogen and oxygen atoms in total. The molecule has 0 aromatic rings. The van der Waals surface area contributed by atoms with Crippen LogP contribution < -0.4 is 5.73 Å². The number of carbonyl (C=O) groups excluding carboxylic acids is 1. The van der Waals surface area contributed by atoms with Crippen LogP contribution in [0.2, 0.25) is 0 Å². The quantitative estimate of drug-likeness (QED) is 0.365. The molecule has 0 aliphatic rings. The monoisotopic (exact) mass is 91.0 g/mol. The third-order valence-electron chi connectivity index (χ3n) is 0. The minimum atomic E-state index is -0.333. The van der Waals surface area contributed by atoms with Crippen molar-refractivity contribution < 1.29 is 4.79 Å². The van der Waals surface area contributed by atoms with Gasteiger partial charge in [0, 0.05) is 0 Å². The van der Waals surface area contributed by atoms with E-state index in [1.807, 2.05) is 0 Å². The van der Waals surface area contributed by atoms with Gasteiger partial charge >= 0.3 is 84.2 Å². The first-order valence-electron chi connectivity index (χ1n) is 0.993. The summed E-state index contributed by atoms with van der Waals surface area (Å²) in [6.45, 7) is 0. The molecule has 0 spiro atoms. The van der Waals surface area contributed by atoms with Gasteiger partial charge in [-0.05, 0) is 0 Å². The average molecular weight is 91.1 g/mol. The molecule has 0 aliphatic heterocycles.